The van der Waals surface area contributed by atoms with Crippen molar-refractivity contribution in [3.8, 4) is 5.75 Å². The fraction of sp³-hybridized carbons (Fsp3) is 0.462. The summed E-state index contributed by atoms with van der Waals surface area (Å²) in [5.41, 5.74) is 0.524. The SMILES string of the molecule is COC(=O)[C@@H]1CNC[C@H]1c1ccc(OC)cc1F. The van der Waals surface area contributed by atoms with Crippen LogP contribution in [0.4, 0.5) is 4.39 Å². The third-order valence-corrected chi connectivity index (χ3v) is 3.33. The fourth-order valence-corrected chi connectivity index (χ4v) is 2.34. The first-order valence-corrected chi connectivity index (χ1v) is 5.79. The molecule has 5 heteroatoms. The molecule has 1 N–H and O–H groups in total. The molecule has 0 amide bonds. The molecule has 4 nitrogen and oxygen atoms in total. The zero-order chi connectivity index (χ0) is 13.1. The highest BCUT2D eigenvalue weighted by Crippen LogP contribution is 2.32. The molecule has 2 rings (SSSR count). The van der Waals surface area contributed by atoms with Crippen LogP contribution in [-0.2, 0) is 9.53 Å². The molecule has 18 heavy (non-hydrogen) atoms. The molecule has 0 bridgehead atoms. The molecule has 1 aromatic carbocycles. The van der Waals surface area contributed by atoms with E-state index < -0.39 is 0 Å². The van der Waals surface area contributed by atoms with Crippen molar-refractivity contribution in [3.63, 3.8) is 0 Å². The van der Waals surface area contributed by atoms with Crippen molar-refractivity contribution in [2.75, 3.05) is 27.3 Å². The predicted molar refractivity (Wildman–Crippen MR) is 64.1 cm³/mol. The lowest BCUT2D eigenvalue weighted by atomic mass is 9.88. The van der Waals surface area contributed by atoms with E-state index >= 15 is 0 Å². The van der Waals surface area contributed by atoms with Crippen LogP contribution in [0.5, 0.6) is 5.75 Å². The molecular formula is C13H16FNO3. The van der Waals surface area contributed by atoms with Crippen molar-refractivity contribution in [2.24, 2.45) is 5.92 Å². The van der Waals surface area contributed by atoms with E-state index in [-0.39, 0.29) is 23.6 Å². The van der Waals surface area contributed by atoms with Crippen LogP contribution < -0.4 is 10.1 Å². The summed E-state index contributed by atoms with van der Waals surface area (Å²) in [5, 5.41) is 3.09. The van der Waals surface area contributed by atoms with Gasteiger partial charge in [0, 0.05) is 25.1 Å². The Bertz CT molecular complexity index is 450. The zero-order valence-corrected chi connectivity index (χ0v) is 10.4. The number of halogens is 1. The summed E-state index contributed by atoms with van der Waals surface area (Å²) < 4.78 is 23.7. The lowest BCUT2D eigenvalue weighted by Crippen LogP contribution is -2.23. The quantitative estimate of drug-likeness (QED) is 0.825. The van der Waals surface area contributed by atoms with E-state index in [1.807, 2.05) is 0 Å². The number of esters is 1. The van der Waals surface area contributed by atoms with E-state index in [1.165, 1.54) is 20.3 Å². The van der Waals surface area contributed by atoms with Crippen LogP contribution in [0.1, 0.15) is 11.5 Å². The van der Waals surface area contributed by atoms with Gasteiger partial charge in [-0.2, -0.15) is 0 Å². The molecular weight excluding hydrogens is 237 g/mol. The van der Waals surface area contributed by atoms with E-state index in [4.69, 9.17) is 9.47 Å². The number of nitrogens with one attached hydrogen (secondary N) is 1. The summed E-state index contributed by atoms with van der Waals surface area (Å²) in [6, 6.07) is 4.70. The van der Waals surface area contributed by atoms with Crippen LogP contribution in [0.3, 0.4) is 0 Å². The van der Waals surface area contributed by atoms with Gasteiger partial charge in [0.15, 0.2) is 0 Å². The van der Waals surface area contributed by atoms with Gasteiger partial charge in [0.25, 0.3) is 0 Å². The normalized spacial score (nSPS) is 22.8. The van der Waals surface area contributed by atoms with Gasteiger partial charge in [0.1, 0.15) is 11.6 Å². The molecule has 0 unspecified atom stereocenters. The van der Waals surface area contributed by atoms with Crippen LogP contribution in [0.15, 0.2) is 18.2 Å². The number of hydrogen-bond donors (Lipinski definition) is 1. The minimum absolute atomic E-state index is 0.191. The summed E-state index contributed by atoms with van der Waals surface area (Å²) in [7, 11) is 2.84. The standard InChI is InChI=1S/C13H16FNO3/c1-17-8-3-4-9(12(14)5-8)10-6-15-7-11(10)13(16)18-2/h3-5,10-11,15H,6-7H2,1-2H3/t10-,11+/m0/s1. The van der Waals surface area contributed by atoms with E-state index in [0.717, 1.165) is 0 Å². The Labute approximate surface area is 105 Å². The molecule has 2 atom stereocenters. The van der Waals surface area contributed by atoms with Gasteiger partial charge in [-0.3, -0.25) is 4.79 Å². The van der Waals surface area contributed by atoms with E-state index in [0.29, 0.717) is 24.4 Å². The summed E-state index contributed by atoms with van der Waals surface area (Å²) in [4.78, 5) is 11.6. The maximum atomic E-state index is 14.0. The highest BCUT2D eigenvalue weighted by molar-refractivity contribution is 5.74. The molecule has 1 fully saturated rings. The fourth-order valence-electron chi connectivity index (χ4n) is 2.34. The third-order valence-electron chi connectivity index (χ3n) is 3.33. The molecule has 0 aromatic heterocycles. The number of methoxy groups -OCH3 is 2. The van der Waals surface area contributed by atoms with Crippen molar-refractivity contribution in [3.05, 3.63) is 29.6 Å². The van der Waals surface area contributed by atoms with Crippen LogP contribution in [0, 0.1) is 11.7 Å². The van der Waals surface area contributed by atoms with Crippen LogP contribution in [0.2, 0.25) is 0 Å². The number of hydrogen-bond acceptors (Lipinski definition) is 4. The van der Waals surface area contributed by atoms with Gasteiger partial charge >= 0.3 is 5.97 Å². The van der Waals surface area contributed by atoms with Crippen LogP contribution in [0.25, 0.3) is 0 Å². The first-order valence-electron chi connectivity index (χ1n) is 5.79. The molecule has 1 aliphatic rings. The van der Waals surface area contributed by atoms with Crippen molar-refractivity contribution in [2.45, 2.75) is 5.92 Å². The van der Waals surface area contributed by atoms with Gasteiger partial charge in [-0.25, -0.2) is 4.39 Å². The van der Waals surface area contributed by atoms with Gasteiger partial charge in [0.2, 0.25) is 0 Å². The molecule has 1 aliphatic heterocycles. The summed E-state index contributed by atoms with van der Waals surface area (Å²) in [5.74, 6) is -0.713. The zero-order valence-electron chi connectivity index (χ0n) is 10.4. The monoisotopic (exact) mass is 253 g/mol. The molecule has 0 aliphatic carbocycles. The Morgan fingerprint density at radius 3 is 2.78 bits per heavy atom. The van der Waals surface area contributed by atoms with E-state index in [1.54, 1.807) is 12.1 Å². The van der Waals surface area contributed by atoms with Crippen molar-refractivity contribution >= 4 is 5.97 Å². The molecule has 1 aromatic rings. The minimum atomic E-state index is -0.350. The summed E-state index contributed by atoms with van der Waals surface area (Å²) in [6.45, 7) is 1.09. The van der Waals surface area contributed by atoms with Gasteiger partial charge in [-0.1, -0.05) is 6.07 Å². The first-order chi connectivity index (χ1) is 8.67. The molecule has 0 radical (unpaired) electrons. The number of rotatable bonds is 3. The van der Waals surface area contributed by atoms with Gasteiger partial charge in [-0.15, -0.1) is 0 Å². The van der Waals surface area contributed by atoms with Crippen LogP contribution in [-0.4, -0.2) is 33.3 Å². The summed E-state index contributed by atoms with van der Waals surface area (Å²) >= 11 is 0. The molecule has 1 saturated heterocycles. The highest BCUT2D eigenvalue weighted by atomic mass is 19.1. The predicted octanol–water partition coefficient (Wildman–Crippen LogP) is 1.31. The molecule has 98 valence electrons. The first kappa shape index (κ1) is 12.8. The van der Waals surface area contributed by atoms with Crippen molar-refractivity contribution < 1.29 is 18.7 Å². The second-order valence-electron chi connectivity index (χ2n) is 4.28. The average Bonchev–Trinajstić information content (AvgIpc) is 2.86. The topological polar surface area (TPSA) is 47.6 Å². The number of ether oxygens (including phenoxy) is 2. The molecule has 0 spiro atoms. The Morgan fingerprint density at radius 2 is 2.17 bits per heavy atom. The second-order valence-corrected chi connectivity index (χ2v) is 4.28. The summed E-state index contributed by atoms with van der Waals surface area (Å²) in [6.07, 6.45) is 0. The lowest BCUT2D eigenvalue weighted by molar-refractivity contribution is -0.145. The van der Waals surface area contributed by atoms with Crippen molar-refractivity contribution in [1.29, 1.82) is 0 Å². The Hall–Kier alpha value is -1.62. The van der Waals surface area contributed by atoms with Crippen molar-refractivity contribution in [1.82, 2.24) is 5.32 Å². The Balaban J connectivity index is 2.27. The maximum absolute atomic E-state index is 14.0. The average molecular weight is 253 g/mol. The Morgan fingerprint density at radius 1 is 1.39 bits per heavy atom. The minimum Gasteiger partial charge on any atom is -0.497 e. The van der Waals surface area contributed by atoms with E-state index in [2.05, 4.69) is 5.32 Å². The smallest absolute Gasteiger partial charge is 0.310 e. The lowest BCUT2D eigenvalue weighted by Gasteiger charge is -2.17. The maximum Gasteiger partial charge on any atom is 0.310 e. The molecule has 0 saturated carbocycles. The van der Waals surface area contributed by atoms with Gasteiger partial charge < -0.3 is 14.8 Å². The highest BCUT2D eigenvalue weighted by Gasteiger charge is 2.36. The Kier molecular flexibility index (Phi) is 3.81. The largest absolute Gasteiger partial charge is 0.497 e. The van der Waals surface area contributed by atoms with E-state index in [9.17, 15) is 9.18 Å². The number of benzene rings is 1. The second kappa shape index (κ2) is 5.35. The number of carbonyl (C=O) groups excluding carboxylic acids is 1. The number of carbonyl (C=O) groups is 1. The molecule has 1 heterocycles. The van der Waals surface area contributed by atoms with Gasteiger partial charge in [-0.05, 0) is 11.6 Å². The van der Waals surface area contributed by atoms with Gasteiger partial charge in [0.05, 0.1) is 20.1 Å². The van der Waals surface area contributed by atoms with Crippen LogP contribution >= 0.6 is 0 Å². The third kappa shape index (κ3) is 2.31.